The fraction of sp³-hybridized carbons (Fsp3) is 0.143. The number of aromatic nitrogens is 1. The molecule has 0 aliphatic heterocycles. The Morgan fingerprint density at radius 2 is 1.82 bits per heavy atom. The molecule has 0 saturated heterocycles. The summed E-state index contributed by atoms with van der Waals surface area (Å²) in [6, 6.07) is 6.27. The van der Waals surface area contributed by atoms with Gasteiger partial charge in [0.05, 0.1) is 5.56 Å². The number of aromatic hydroxyl groups is 1. The Morgan fingerprint density at radius 3 is 2.36 bits per heavy atom. The number of anilines is 1. The molecule has 116 valence electrons. The average Bonchev–Trinajstić information content (AvgIpc) is 2.48. The molecule has 0 spiro atoms. The van der Waals surface area contributed by atoms with Crippen molar-refractivity contribution < 1.29 is 28.2 Å². The summed E-state index contributed by atoms with van der Waals surface area (Å²) in [6.45, 7) is 0. The molecular formula is C14H11F3N2O3. The van der Waals surface area contributed by atoms with Crippen LogP contribution in [0.4, 0.5) is 19.0 Å². The quantitative estimate of drug-likeness (QED) is 0.813. The van der Waals surface area contributed by atoms with E-state index in [2.05, 4.69) is 10.3 Å². The van der Waals surface area contributed by atoms with Crippen molar-refractivity contribution >= 4 is 11.7 Å². The Hall–Kier alpha value is -2.61. The minimum absolute atomic E-state index is 0.0130. The number of halogens is 3. The highest BCUT2D eigenvalue weighted by Gasteiger charge is 2.30. The number of aliphatic hydroxyl groups is 1. The summed E-state index contributed by atoms with van der Waals surface area (Å²) in [5, 5.41) is 21.5. The molecule has 0 bridgehead atoms. The number of carbonyl (C=O) groups excluding carboxylic acids is 1. The molecule has 1 aromatic carbocycles. The summed E-state index contributed by atoms with van der Waals surface area (Å²) >= 11 is 0. The Balaban J connectivity index is 2.12. The predicted octanol–water partition coefficient (Wildman–Crippen LogP) is 2.48. The highest BCUT2D eigenvalue weighted by atomic mass is 19.4. The highest BCUT2D eigenvalue weighted by Crippen LogP contribution is 2.30. The molecule has 0 aliphatic rings. The van der Waals surface area contributed by atoms with Gasteiger partial charge in [0.15, 0.2) is 17.7 Å². The number of alkyl halides is 3. The molecular weight excluding hydrogens is 301 g/mol. The Labute approximate surface area is 123 Å². The van der Waals surface area contributed by atoms with Crippen LogP contribution in [-0.4, -0.2) is 21.1 Å². The number of aliphatic hydroxyl groups excluding tert-OH is 1. The highest BCUT2D eigenvalue weighted by molar-refractivity contribution is 5.94. The Kier molecular flexibility index (Phi) is 4.32. The number of nitrogens with zero attached hydrogens (tertiary/aromatic N) is 1. The first kappa shape index (κ1) is 15.8. The normalized spacial score (nSPS) is 12.7. The van der Waals surface area contributed by atoms with Gasteiger partial charge in [-0.05, 0) is 29.8 Å². The van der Waals surface area contributed by atoms with Crippen molar-refractivity contribution in [1.29, 1.82) is 0 Å². The number of rotatable bonds is 3. The third kappa shape index (κ3) is 3.53. The van der Waals surface area contributed by atoms with Crippen LogP contribution in [0, 0.1) is 0 Å². The van der Waals surface area contributed by atoms with Crippen LogP contribution in [0.1, 0.15) is 17.2 Å². The Bertz CT molecular complexity index is 672. The van der Waals surface area contributed by atoms with Gasteiger partial charge in [0, 0.05) is 6.20 Å². The van der Waals surface area contributed by atoms with Gasteiger partial charge in [-0.1, -0.05) is 12.1 Å². The zero-order valence-electron chi connectivity index (χ0n) is 11.0. The summed E-state index contributed by atoms with van der Waals surface area (Å²) < 4.78 is 37.3. The number of pyridine rings is 1. The number of amides is 1. The molecule has 2 aromatic rings. The predicted molar refractivity (Wildman–Crippen MR) is 70.9 cm³/mol. The second-order valence-electron chi connectivity index (χ2n) is 4.38. The third-order valence-electron chi connectivity index (χ3n) is 2.83. The van der Waals surface area contributed by atoms with Crippen LogP contribution in [0.5, 0.6) is 5.75 Å². The molecule has 1 unspecified atom stereocenters. The molecule has 1 aromatic heterocycles. The first-order valence-corrected chi connectivity index (χ1v) is 6.09. The molecule has 5 nitrogen and oxygen atoms in total. The van der Waals surface area contributed by atoms with Gasteiger partial charge in [-0.15, -0.1) is 0 Å². The monoisotopic (exact) mass is 312 g/mol. The van der Waals surface area contributed by atoms with Gasteiger partial charge in [0.25, 0.3) is 5.91 Å². The molecule has 0 radical (unpaired) electrons. The molecule has 3 N–H and O–H groups in total. The van der Waals surface area contributed by atoms with Crippen LogP contribution in [-0.2, 0) is 11.0 Å². The minimum Gasteiger partial charge on any atom is -0.504 e. The fourth-order valence-electron chi connectivity index (χ4n) is 1.68. The molecule has 22 heavy (non-hydrogen) atoms. The van der Waals surface area contributed by atoms with Crippen molar-refractivity contribution in [1.82, 2.24) is 4.98 Å². The summed E-state index contributed by atoms with van der Waals surface area (Å²) in [4.78, 5) is 15.5. The largest absolute Gasteiger partial charge is 0.504 e. The number of hydrogen-bond acceptors (Lipinski definition) is 4. The molecule has 0 aliphatic carbocycles. The molecule has 2 rings (SSSR count). The zero-order valence-corrected chi connectivity index (χ0v) is 11.0. The van der Waals surface area contributed by atoms with Crippen LogP contribution in [0.25, 0.3) is 0 Å². The number of nitrogens with one attached hydrogen (secondary N) is 1. The molecule has 0 saturated carbocycles. The molecule has 1 atom stereocenters. The van der Waals surface area contributed by atoms with E-state index in [-0.39, 0.29) is 17.1 Å². The van der Waals surface area contributed by atoms with Crippen LogP contribution in [0.15, 0.2) is 42.6 Å². The zero-order chi connectivity index (χ0) is 16.3. The van der Waals surface area contributed by atoms with Gasteiger partial charge in [-0.3, -0.25) is 4.79 Å². The summed E-state index contributed by atoms with van der Waals surface area (Å²) in [5.41, 5.74) is -0.896. The lowest BCUT2D eigenvalue weighted by Crippen LogP contribution is -2.21. The molecule has 1 heterocycles. The van der Waals surface area contributed by atoms with Gasteiger partial charge in [-0.2, -0.15) is 13.2 Å². The van der Waals surface area contributed by atoms with Gasteiger partial charge in [0.2, 0.25) is 0 Å². The van der Waals surface area contributed by atoms with Gasteiger partial charge < -0.3 is 15.5 Å². The lowest BCUT2D eigenvalue weighted by Gasteiger charge is -2.13. The second-order valence-corrected chi connectivity index (χ2v) is 4.38. The van der Waals surface area contributed by atoms with Crippen molar-refractivity contribution in [2.45, 2.75) is 12.3 Å². The molecule has 1 amide bonds. The summed E-state index contributed by atoms with van der Waals surface area (Å²) in [7, 11) is 0. The lowest BCUT2D eigenvalue weighted by molar-refractivity contribution is -0.137. The van der Waals surface area contributed by atoms with Crippen molar-refractivity contribution in [3.63, 3.8) is 0 Å². The van der Waals surface area contributed by atoms with Crippen molar-refractivity contribution in [2.75, 3.05) is 5.32 Å². The first-order valence-electron chi connectivity index (χ1n) is 6.09. The average molecular weight is 312 g/mol. The van der Waals surface area contributed by atoms with E-state index >= 15 is 0 Å². The van der Waals surface area contributed by atoms with E-state index < -0.39 is 23.8 Å². The van der Waals surface area contributed by atoms with E-state index in [4.69, 9.17) is 0 Å². The topological polar surface area (TPSA) is 82.5 Å². The SMILES string of the molecule is O=C(Nc1ncccc1O)C(O)c1ccc(C(F)(F)F)cc1. The third-order valence-corrected chi connectivity index (χ3v) is 2.83. The van der Waals surface area contributed by atoms with E-state index in [1.165, 1.54) is 18.3 Å². The van der Waals surface area contributed by atoms with Crippen LogP contribution in [0.2, 0.25) is 0 Å². The summed E-state index contributed by atoms with van der Waals surface area (Å²) in [5.74, 6) is -1.37. The van der Waals surface area contributed by atoms with E-state index in [0.29, 0.717) is 0 Å². The molecule has 8 heteroatoms. The summed E-state index contributed by atoms with van der Waals surface area (Å²) in [6.07, 6.45) is -4.87. The molecule has 0 fully saturated rings. The van der Waals surface area contributed by atoms with E-state index in [1.54, 1.807) is 0 Å². The van der Waals surface area contributed by atoms with Crippen molar-refractivity contribution in [3.8, 4) is 5.75 Å². The van der Waals surface area contributed by atoms with Gasteiger partial charge in [-0.25, -0.2) is 4.98 Å². The number of carbonyl (C=O) groups is 1. The van der Waals surface area contributed by atoms with Crippen LogP contribution in [0.3, 0.4) is 0 Å². The van der Waals surface area contributed by atoms with Crippen molar-refractivity contribution in [2.24, 2.45) is 0 Å². The van der Waals surface area contributed by atoms with E-state index in [1.807, 2.05) is 0 Å². The smallest absolute Gasteiger partial charge is 0.416 e. The lowest BCUT2D eigenvalue weighted by atomic mass is 10.1. The maximum Gasteiger partial charge on any atom is 0.416 e. The maximum atomic E-state index is 12.4. The van der Waals surface area contributed by atoms with E-state index in [0.717, 1.165) is 24.3 Å². The van der Waals surface area contributed by atoms with Crippen LogP contribution < -0.4 is 5.32 Å². The van der Waals surface area contributed by atoms with Gasteiger partial charge >= 0.3 is 6.18 Å². The number of benzene rings is 1. The maximum absolute atomic E-state index is 12.4. The van der Waals surface area contributed by atoms with E-state index in [9.17, 15) is 28.2 Å². The fourth-order valence-corrected chi connectivity index (χ4v) is 1.68. The van der Waals surface area contributed by atoms with Gasteiger partial charge in [0.1, 0.15) is 0 Å². The minimum atomic E-state index is -4.49. The standard InChI is InChI=1S/C14H11F3N2O3/c15-14(16,17)9-5-3-8(4-6-9)11(21)13(22)19-12-10(20)2-1-7-18-12/h1-7,11,20-21H,(H,18,19,22). The van der Waals surface area contributed by atoms with Crippen molar-refractivity contribution in [3.05, 3.63) is 53.7 Å². The second kappa shape index (κ2) is 6.02. The Morgan fingerprint density at radius 1 is 1.18 bits per heavy atom. The number of hydrogen-bond donors (Lipinski definition) is 3. The van der Waals surface area contributed by atoms with Crippen LogP contribution >= 0.6 is 0 Å². The first-order chi connectivity index (χ1) is 10.3.